The van der Waals surface area contributed by atoms with Crippen LogP contribution in [-0.4, -0.2) is 36.5 Å². The Bertz CT molecular complexity index is 899. The zero-order valence-electron chi connectivity index (χ0n) is 16.3. The number of hydrogen-bond acceptors (Lipinski definition) is 5. The lowest BCUT2D eigenvalue weighted by atomic mass is 10.1. The Hall–Kier alpha value is -2.12. The smallest absolute Gasteiger partial charge is 0.229 e. The maximum atomic E-state index is 12.8. The van der Waals surface area contributed by atoms with Gasteiger partial charge in [-0.2, -0.15) is 0 Å². The highest BCUT2D eigenvalue weighted by Crippen LogP contribution is 2.45. The zero-order valence-corrected chi connectivity index (χ0v) is 17.9. The highest BCUT2D eigenvalue weighted by Gasteiger charge is 2.36. The van der Waals surface area contributed by atoms with Crippen LogP contribution in [-0.2, 0) is 9.59 Å². The van der Waals surface area contributed by atoms with Crippen LogP contribution in [0.15, 0.2) is 48.5 Å². The summed E-state index contributed by atoms with van der Waals surface area (Å²) in [6.45, 7) is 2.80. The number of benzene rings is 2. The molecular weight excluding hydrogens is 404 g/mol. The number of carbonyl (C=O) groups is 2. The molecule has 29 heavy (non-hydrogen) atoms. The second-order valence-electron chi connectivity index (χ2n) is 6.99. The van der Waals surface area contributed by atoms with E-state index >= 15 is 0 Å². The van der Waals surface area contributed by atoms with E-state index < -0.39 is 0 Å². The van der Waals surface area contributed by atoms with Gasteiger partial charge in [0.2, 0.25) is 11.8 Å². The average molecular weight is 429 g/mol. The van der Waals surface area contributed by atoms with Crippen molar-refractivity contribution in [2.75, 3.05) is 34.9 Å². The van der Waals surface area contributed by atoms with E-state index in [-0.39, 0.29) is 24.2 Å². The third-order valence-electron chi connectivity index (χ3n) is 5.00. The van der Waals surface area contributed by atoms with Gasteiger partial charge in [-0.05, 0) is 36.8 Å². The molecule has 0 aliphatic carbocycles. The Kier molecular flexibility index (Phi) is 6.35. The third-order valence-corrected chi connectivity index (χ3v) is 8.10. The molecule has 2 aliphatic heterocycles. The van der Waals surface area contributed by atoms with Crippen LogP contribution in [0.5, 0.6) is 5.75 Å². The van der Waals surface area contributed by atoms with E-state index in [9.17, 15) is 9.59 Å². The van der Waals surface area contributed by atoms with Gasteiger partial charge in [0.25, 0.3) is 0 Å². The second kappa shape index (κ2) is 9.13. The zero-order chi connectivity index (χ0) is 20.2. The molecule has 1 unspecified atom stereocenters. The summed E-state index contributed by atoms with van der Waals surface area (Å²) < 4.78 is 6.09. The summed E-state index contributed by atoms with van der Waals surface area (Å²) in [7, 11) is 0. The Morgan fingerprint density at radius 1 is 1.17 bits per heavy atom. The fourth-order valence-electron chi connectivity index (χ4n) is 3.63. The van der Waals surface area contributed by atoms with Crippen LogP contribution in [0, 0.1) is 5.92 Å². The van der Waals surface area contributed by atoms with Crippen molar-refractivity contribution >= 4 is 46.7 Å². The third kappa shape index (κ3) is 4.56. The molecule has 5 nitrogen and oxygen atoms in total. The summed E-state index contributed by atoms with van der Waals surface area (Å²) in [6, 6.07) is 15.5. The highest BCUT2D eigenvalue weighted by atomic mass is 32.2. The molecule has 0 bridgehead atoms. The van der Waals surface area contributed by atoms with E-state index in [1.807, 2.05) is 72.9 Å². The molecule has 1 atom stereocenters. The van der Waals surface area contributed by atoms with Crippen LogP contribution in [0.25, 0.3) is 0 Å². The number of nitrogens with zero attached hydrogens (tertiary/aromatic N) is 1. The monoisotopic (exact) mass is 428 g/mol. The summed E-state index contributed by atoms with van der Waals surface area (Å²) >= 11 is 3.88. The van der Waals surface area contributed by atoms with Gasteiger partial charge in [0.1, 0.15) is 5.75 Å². The number of thioether (sulfide) groups is 2. The molecule has 0 aromatic heterocycles. The van der Waals surface area contributed by atoms with Crippen molar-refractivity contribution < 1.29 is 14.3 Å². The SMILES string of the molecule is CCOc1ccccc1N1CC(C(=O)Nc2cccc(C3SCCS3)c2)CC1=O. The fourth-order valence-corrected chi connectivity index (χ4v) is 6.47. The molecule has 4 rings (SSSR count). The first kappa shape index (κ1) is 20.2. The van der Waals surface area contributed by atoms with Crippen molar-refractivity contribution in [2.24, 2.45) is 5.92 Å². The molecule has 2 aromatic rings. The Morgan fingerprint density at radius 2 is 1.97 bits per heavy atom. The van der Waals surface area contributed by atoms with Gasteiger partial charge in [0.15, 0.2) is 0 Å². The molecule has 0 radical (unpaired) electrons. The van der Waals surface area contributed by atoms with Crippen LogP contribution >= 0.6 is 23.5 Å². The lowest BCUT2D eigenvalue weighted by molar-refractivity contribution is -0.122. The number of carbonyl (C=O) groups excluding carboxylic acids is 2. The maximum absolute atomic E-state index is 12.8. The van der Waals surface area contributed by atoms with Crippen LogP contribution in [0.1, 0.15) is 23.5 Å². The first-order valence-corrected chi connectivity index (χ1v) is 11.9. The minimum atomic E-state index is -0.379. The van der Waals surface area contributed by atoms with Crippen LogP contribution in [0.4, 0.5) is 11.4 Å². The molecule has 2 aromatic carbocycles. The van der Waals surface area contributed by atoms with Gasteiger partial charge in [-0.25, -0.2) is 0 Å². The van der Waals surface area contributed by atoms with Crippen molar-refractivity contribution in [1.29, 1.82) is 0 Å². The van der Waals surface area contributed by atoms with Gasteiger partial charge >= 0.3 is 0 Å². The molecule has 2 aliphatic rings. The average Bonchev–Trinajstić information content (AvgIpc) is 3.39. The molecular formula is C22H24N2O3S2. The molecule has 2 saturated heterocycles. The normalized spacial score (nSPS) is 19.6. The number of amides is 2. The van der Waals surface area contributed by atoms with Gasteiger partial charge in [0.05, 0.1) is 22.8 Å². The molecule has 2 fully saturated rings. The Labute approximate surface area is 179 Å². The fraction of sp³-hybridized carbons (Fsp3) is 0.364. The predicted molar refractivity (Wildman–Crippen MR) is 121 cm³/mol. The molecule has 152 valence electrons. The van der Waals surface area contributed by atoms with Crippen molar-refractivity contribution in [3.8, 4) is 5.75 Å². The first-order valence-electron chi connectivity index (χ1n) is 9.82. The molecule has 2 amide bonds. The topological polar surface area (TPSA) is 58.6 Å². The number of hydrogen-bond donors (Lipinski definition) is 1. The Balaban J connectivity index is 1.44. The number of rotatable bonds is 6. The highest BCUT2D eigenvalue weighted by molar-refractivity contribution is 8.19. The van der Waals surface area contributed by atoms with Crippen molar-refractivity contribution in [2.45, 2.75) is 17.9 Å². The van der Waals surface area contributed by atoms with Crippen LogP contribution in [0.2, 0.25) is 0 Å². The summed E-state index contributed by atoms with van der Waals surface area (Å²) in [5.41, 5.74) is 2.75. The minimum absolute atomic E-state index is 0.0511. The van der Waals surface area contributed by atoms with E-state index in [1.165, 1.54) is 5.56 Å². The van der Waals surface area contributed by atoms with E-state index in [0.717, 1.165) is 22.9 Å². The Morgan fingerprint density at radius 3 is 2.76 bits per heavy atom. The molecule has 7 heteroatoms. The standard InChI is InChI=1S/C22H24N2O3S2/c1-2-27-19-9-4-3-8-18(19)24-14-16(13-20(24)25)21(26)23-17-7-5-6-15(12-17)22-28-10-11-29-22/h3-9,12,16,22H,2,10-11,13-14H2,1H3,(H,23,26). The lowest BCUT2D eigenvalue weighted by Gasteiger charge is -2.20. The van der Waals surface area contributed by atoms with E-state index in [0.29, 0.717) is 23.5 Å². The van der Waals surface area contributed by atoms with E-state index in [1.54, 1.807) is 4.90 Å². The minimum Gasteiger partial charge on any atom is -0.492 e. The lowest BCUT2D eigenvalue weighted by Crippen LogP contribution is -2.28. The maximum Gasteiger partial charge on any atom is 0.229 e. The quantitative estimate of drug-likeness (QED) is 0.731. The second-order valence-corrected chi connectivity index (χ2v) is 9.72. The number of nitrogens with one attached hydrogen (secondary N) is 1. The van der Waals surface area contributed by atoms with Crippen LogP contribution in [0.3, 0.4) is 0 Å². The number of anilines is 2. The largest absolute Gasteiger partial charge is 0.492 e. The van der Waals surface area contributed by atoms with Crippen molar-refractivity contribution in [3.63, 3.8) is 0 Å². The molecule has 0 spiro atoms. The predicted octanol–water partition coefficient (Wildman–Crippen LogP) is 4.56. The van der Waals surface area contributed by atoms with Crippen LogP contribution < -0.4 is 15.0 Å². The molecule has 2 heterocycles. The summed E-state index contributed by atoms with van der Waals surface area (Å²) in [5.74, 6) is 2.45. The molecule has 0 saturated carbocycles. The number of para-hydroxylation sites is 2. The van der Waals surface area contributed by atoms with Gasteiger partial charge in [-0.15, -0.1) is 23.5 Å². The summed E-state index contributed by atoms with van der Waals surface area (Å²) in [6.07, 6.45) is 0.209. The van der Waals surface area contributed by atoms with E-state index in [2.05, 4.69) is 11.4 Å². The van der Waals surface area contributed by atoms with Crippen molar-refractivity contribution in [1.82, 2.24) is 0 Å². The van der Waals surface area contributed by atoms with Gasteiger partial charge in [0, 0.05) is 30.2 Å². The first-order chi connectivity index (χ1) is 14.2. The molecule has 1 N–H and O–H groups in total. The number of ether oxygens (including phenoxy) is 1. The van der Waals surface area contributed by atoms with Gasteiger partial charge < -0.3 is 15.0 Å². The summed E-state index contributed by atoms with van der Waals surface area (Å²) in [4.78, 5) is 27.1. The van der Waals surface area contributed by atoms with Crippen molar-refractivity contribution in [3.05, 3.63) is 54.1 Å². The van der Waals surface area contributed by atoms with Gasteiger partial charge in [-0.1, -0.05) is 24.3 Å². The summed E-state index contributed by atoms with van der Waals surface area (Å²) in [5, 5.41) is 3.01. The van der Waals surface area contributed by atoms with Gasteiger partial charge in [-0.3, -0.25) is 9.59 Å². The van der Waals surface area contributed by atoms with E-state index in [4.69, 9.17) is 4.74 Å².